The van der Waals surface area contributed by atoms with Crippen LogP contribution in [-0.2, 0) is 14.3 Å². The fourth-order valence-corrected chi connectivity index (χ4v) is 2.43. The van der Waals surface area contributed by atoms with Crippen molar-refractivity contribution >= 4 is 29.1 Å². The van der Waals surface area contributed by atoms with Gasteiger partial charge in [0.1, 0.15) is 11.8 Å². The smallest absolute Gasteiger partial charge is 0.252 e. The Bertz CT molecular complexity index is 550. The third-order valence-electron chi connectivity index (χ3n) is 3.26. The van der Waals surface area contributed by atoms with E-state index in [4.69, 9.17) is 21.1 Å². The highest BCUT2D eigenvalue weighted by molar-refractivity contribution is 6.32. The zero-order chi connectivity index (χ0) is 15.4. The minimum atomic E-state index is -0.571. The first-order valence-electron chi connectivity index (χ1n) is 6.50. The van der Waals surface area contributed by atoms with Crippen molar-refractivity contribution in [3.63, 3.8) is 0 Å². The van der Waals surface area contributed by atoms with Crippen molar-refractivity contribution in [3.8, 4) is 5.75 Å². The van der Waals surface area contributed by atoms with E-state index >= 15 is 0 Å². The van der Waals surface area contributed by atoms with Crippen LogP contribution >= 0.6 is 11.6 Å². The number of carbonyl (C=O) groups excluding carboxylic acids is 2. The molecule has 0 saturated carbocycles. The van der Waals surface area contributed by atoms with Crippen LogP contribution in [0.1, 0.15) is 6.42 Å². The summed E-state index contributed by atoms with van der Waals surface area (Å²) in [6, 6.07) is 4.55. The number of methoxy groups -OCH3 is 2. The number of likely N-dealkylation sites (tertiary alicyclic amines) is 1. The van der Waals surface area contributed by atoms with Gasteiger partial charge in [-0.3, -0.25) is 14.5 Å². The fraction of sp³-hybridized carbons (Fsp3) is 0.429. The van der Waals surface area contributed by atoms with E-state index in [1.54, 1.807) is 18.2 Å². The third kappa shape index (κ3) is 3.46. The molecule has 1 aliphatic rings. The number of hydrogen-bond acceptors (Lipinski definition) is 5. The average molecular weight is 313 g/mol. The molecule has 0 spiro atoms. The van der Waals surface area contributed by atoms with E-state index < -0.39 is 6.04 Å². The minimum Gasteiger partial charge on any atom is -0.495 e. The molecule has 7 heteroatoms. The molecule has 1 unspecified atom stereocenters. The Balaban J connectivity index is 2.05. The van der Waals surface area contributed by atoms with Crippen LogP contribution in [0, 0.1) is 0 Å². The number of nitrogens with one attached hydrogen (secondary N) is 1. The molecule has 1 fully saturated rings. The van der Waals surface area contributed by atoms with E-state index in [1.807, 2.05) is 0 Å². The molecule has 1 atom stereocenters. The van der Waals surface area contributed by atoms with Gasteiger partial charge in [-0.2, -0.15) is 0 Å². The molecule has 2 amide bonds. The molecule has 1 N–H and O–H groups in total. The van der Waals surface area contributed by atoms with Crippen LogP contribution in [0.3, 0.4) is 0 Å². The van der Waals surface area contributed by atoms with Gasteiger partial charge in [-0.05, 0) is 18.2 Å². The number of amides is 2. The lowest BCUT2D eigenvalue weighted by Gasteiger charge is -2.16. The van der Waals surface area contributed by atoms with Gasteiger partial charge < -0.3 is 14.8 Å². The standard InChI is InChI=1S/C14H17ClN2O4/c1-20-6-5-17-13(18)8-11(14(17)19)16-9-3-4-12(21-2)10(15)7-9/h3-4,7,11,16H,5-6,8H2,1-2H3. The minimum absolute atomic E-state index is 0.131. The number of nitrogens with zero attached hydrogens (tertiary/aromatic N) is 1. The molecule has 1 aromatic carbocycles. The number of anilines is 1. The Morgan fingerprint density at radius 3 is 2.76 bits per heavy atom. The Kier molecular flexibility index (Phi) is 5.03. The molecule has 1 saturated heterocycles. The van der Waals surface area contributed by atoms with Crippen LogP contribution in [0.4, 0.5) is 5.69 Å². The van der Waals surface area contributed by atoms with E-state index in [9.17, 15) is 9.59 Å². The summed E-state index contributed by atoms with van der Waals surface area (Å²) < 4.78 is 9.96. The van der Waals surface area contributed by atoms with Crippen molar-refractivity contribution in [2.75, 3.05) is 32.7 Å². The second-order valence-electron chi connectivity index (χ2n) is 4.63. The highest BCUT2D eigenvalue weighted by Crippen LogP contribution is 2.28. The van der Waals surface area contributed by atoms with Crippen LogP contribution in [0.15, 0.2) is 18.2 Å². The number of imide groups is 1. The summed E-state index contributed by atoms with van der Waals surface area (Å²) in [4.78, 5) is 25.2. The molecule has 1 aliphatic heterocycles. The second-order valence-corrected chi connectivity index (χ2v) is 5.03. The Morgan fingerprint density at radius 1 is 1.38 bits per heavy atom. The number of hydrogen-bond donors (Lipinski definition) is 1. The lowest BCUT2D eigenvalue weighted by molar-refractivity contribution is -0.139. The van der Waals surface area contributed by atoms with Crippen LogP contribution in [-0.4, -0.2) is 50.1 Å². The zero-order valence-electron chi connectivity index (χ0n) is 11.9. The molecule has 0 aromatic heterocycles. The van der Waals surface area contributed by atoms with Gasteiger partial charge in [-0.15, -0.1) is 0 Å². The average Bonchev–Trinajstić information content (AvgIpc) is 2.72. The van der Waals surface area contributed by atoms with Gasteiger partial charge in [0.05, 0.1) is 31.7 Å². The number of carbonyl (C=O) groups is 2. The lowest BCUT2D eigenvalue weighted by atomic mass is 10.2. The van der Waals surface area contributed by atoms with Gasteiger partial charge in [-0.25, -0.2) is 0 Å². The largest absolute Gasteiger partial charge is 0.495 e. The summed E-state index contributed by atoms with van der Waals surface area (Å²) in [5.41, 5.74) is 0.667. The maximum absolute atomic E-state index is 12.2. The first-order valence-corrected chi connectivity index (χ1v) is 6.88. The predicted octanol–water partition coefficient (Wildman–Crippen LogP) is 1.53. The topological polar surface area (TPSA) is 67.9 Å². The summed E-state index contributed by atoms with van der Waals surface area (Å²) in [7, 11) is 3.06. The molecule has 2 rings (SSSR count). The predicted molar refractivity (Wildman–Crippen MR) is 78.6 cm³/mol. The quantitative estimate of drug-likeness (QED) is 0.807. The highest BCUT2D eigenvalue weighted by Gasteiger charge is 2.38. The Morgan fingerprint density at radius 2 is 2.14 bits per heavy atom. The maximum atomic E-state index is 12.2. The van der Waals surface area contributed by atoms with Crippen LogP contribution < -0.4 is 10.1 Å². The molecular formula is C14H17ClN2O4. The van der Waals surface area contributed by atoms with Gasteiger partial charge in [0, 0.05) is 12.8 Å². The monoisotopic (exact) mass is 312 g/mol. The van der Waals surface area contributed by atoms with Crippen molar-refractivity contribution in [1.82, 2.24) is 4.90 Å². The van der Waals surface area contributed by atoms with E-state index in [0.717, 1.165) is 0 Å². The molecule has 6 nitrogen and oxygen atoms in total. The van der Waals surface area contributed by atoms with Crippen molar-refractivity contribution < 1.29 is 19.1 Å². The van der Waals surface area contributed by atoms with Gasteiger partial charge in [0.25, 0.3) is 5.91 Å². The van der Waals surface area contributed by atoms with Crippen molar-refractivity contribution in [3.05, 3.63) is 23.2 Å². The van der Waals surface area contributed by atoms with Crippen LogP contribution in [0.5, 0.6) is 5.75 Å². The summed E-state index contributed by atoms with van der Waals surface area (Å²) in [5, 5.41) is 3.47. The van der Waals surface area contributed by atoms with Gasteiger partial charge >= 0.3 is 0 Å². The summed E-state index contributed by atoms with van der Waals surface area (Å²) >= 11 is 6.03. The van der Waals surface area contributed by atoms with E-state index in [-0.39, 0.29) is 24.8 Å². The molecule has 1 aromatic rings. The van der Waals surface area contributed by atoms with Gasteiger partial charge in [0.15, 0.2) is 0 Å². The lowest BCUT2D eigenvalue weighted by Crippen LogP contribution is -2.36. The molecule has 114 valence electrons. The fourth-order valence-electron chi connectivity index (χ4n) is 2.17. The van der Waals surface area contributed by atoms with Crippen molar-refractivity contribution in [2.24, 2.45) is 0 Å². The zero-order valence-corrected chi connectivity index (χ0v) is 12.6. The number of rotatable bonds is 6. The first kappa shape index (κ1) is 15.6. The maximum Gasteiger partial charge on any atom is 0.252 e. The van der Waals surface area contributed by atoms with Crippen molar-refractivity contribution in [2.45, 2.75) is 12.5 Å². The number of benzene rings is 1. The number of ether oxygens (including phenoxy) is 2. The molecule has 1 heterocycles. The molecule has 0 bridgehead atoms. The van der Waals surface area contributed by atoms with Crippen molar-refractivity contribution in [1.29, 1.82) is 0 Å². The highest BCUT2D eigenvalue weighted by atomic mass is 35.5. The third-order valence-corrected chi connectivity index (χ3v) is 3.55. The SMILES string of the molecule is COCCN1C(=O)CC(Nc2ccc(OC)c(Cl)c2)C1=O. The molecular weight excluding hydrogens is 296 g/mol. The van der Waals surface area contributed by atoms with Gasteiger partial charge in [-0.1, -0.05) is 11.6 Å². The van der Waals surface area contributed by atoms with E-state index in [1.165, 1.54) is 19.1 Å². The van der Waals surface area contributed by atoms with Crippen LogP contribution in [0.2, 0.25) is 5.02 Å². The van der Waals surface area contributed by atoms with E-state index in [0.29, 0.717) is 23.1 Å². The molecule has 21 heavy (non-hydrogen) atoms. The summed E-state index contributed by atoms with van der Waals surface area (Å²) in [5.74, 6) is 0.107. The van der Waals surface area contributed by atoms with Crippen LogP contribution in [0.25, 0.3) is 0 Å². The molecule has 0 aliphatic carbocycles. The second kappa shape index (κ2) is 6.78. The van der Waals surface area contributed by atoms with E-state index in [2.05, 4.69) is 5.32 Å². The summed E-state index contributed by atoms with van der Waals surface area (Å²) in [6.07, 6.45) is 0.131. The van der Waals surface area contributed by atoms with Gasteiger partial charge in [0.2, 0.25) is 5.91 Å². The first-order chi connectivity index (χ1) is 10.1. The molecule has 0 radical (unpaired) electrons. The Hall–Kier alpha value is -1.79. The summed E-state index contributed by atoms with van der Waals surface area (Å²) in [6.45, 7) is 0.605. The Labute approximate surface area is 128 Å². The normalized spacial score (nSPS) is 18.2. The number of halogens is 1.